The Morgan fingerprint density at radius 2 is 1.80 bits per heavy atom. The number of aromatic nitrogens is 1. The van der Waals surface area contributed by atoms with Crippen molar-refractivity contribution in [3.63, 3.8) is 0 Å². The summed E-state index contributed by atoms with van der Waals surface area (Å²) in [6, 6.07) is 11.4. The standard InChI is InChI=1S/C16H19N3O/c1-16(2,3)11-6-8-12(9-7-11)19-15-13(14(17)20)5-4-10-18-15/h4-10H,1-3H3,(H2,17,20)(H,18,19). The molecule has 0 aliphatic heterocycles. The zero-order chi connectivity index (χ0) is 14.8. The Balaban J connectivity index is 2.25. The highest BCUT2D eigenvalue weighted by Crippen LogP contribution is 2.25. The molecule has 0 saturated heterocycles. The number of pyridine rings is 1. The Morgan fingerprint density at radius 1 is 1.15 bits per heavy atom. The summed E-state index contributed by atoms with van der Waals surface area (Å²) in [5.74, 6) is -0.0181. The van der Waals surface area contributed by atoms with Crippen molar-refractivity contribution in [2.75, 3.05) is 5.32 Å². The molecule has 0 radical (unpaired) electrons. The van der Waals surface area contributed by atoms with Gasteiger partial charge in [-0.25, -0.2) is 4.98 Å². The molecule has 4 heteroatoms. The predicted molar refractivity (Wildman–Crippen MR) is 81.2 cm³/mol. The molecule has 1 heterocycles. The zero-order valence-corrected chi connectivity index (χ0v) is 12.0. The van der Waals surface area contributed by atoms with Crippen molar-refractivity contribution >= 4 is 17.4 Å². The molecule has 0 aliphatic carbocycles. The molecular formula is C16H19N3O. The van der Waals surface area contributed by atoms with Crippen LogP contribution in [0.3, 0.4) is 0 Å². The SMILES string of the molecule is CC(C)(C)c1ccc(Nc2ncccc2C(N)=O)cc1. The lowest BCUT2D eigenvalue weighted by molar-refractivity contribution is 0.100. The number of rotatable bonds is 3. The molecule has 0 atom stereocenters. The van der Waals surface area contributed by atoms with E-state index in [9.17, 15) is 4.79 Å². The molecule has 4 nitrogen and oxygen atoms in total. The first-order valence-electron chi connectivity index (χ1n) is 6.50. The molecule has 0 saturated carbocycles. The van der Waals surface area contributed by atoms with Gasteiger partial charge in [-0.1, -0.05) is 32.9 Å². The fraction of sp³-hybridized carbons (Fsp3) is 0.250. The summed E-state index contributed by atoms with van der Waals surface area (Å²) >= 11 is 0. The van der Waals surface area contributed by atoms with Gasteiger partial charge in [-0.05, 0) is 35.2 Å². The van der Waals surface area contributed by atoms with Crippen LogP contribution >= 0.6 is 0 Å². The highest BCUT2D eigenvalue weighted by molar-refractivity contribution is 5.98. The van der Waals surface area contributed by atoms with Crippen LogP contribution in [-0.4, -0.2) is 10.9 Å². The predicted octanol–water partition coefficient (Wildman–Crippen LogP) is 3.22. The number of nitrogens with two attached hydrogens (primary N) is 1. The number of carbonyl (C=O) groups excluding carboxylic acids is 1. The highest BCUT2D eigenvalue weighted by atomic mass is 16.1. The van der Waals surface area contributed by atoms with Crippen LogP contribution in [0.2, 0.25) is 0 Å². The van der Waals surface area contributed by atoms with E-state index < -0.39 is 5.91 Å². The largest absolute Gasteiger partial charge is 0.365 e. The normalized spacial score (nSPS) is 11.2. The van der Waals surface area contributed by atoms with Gasteiger partial charge in [0.05, 0.1) is 5.56 Å². The first-order valence-corrected chi connectivity index (χ1v) is 6.50. The maximum Gasteiger partial charge on any atom is 0.252 e. The van der Waals surface area contributed by atoms with Crippen LogP contribution in [0, 0.1) is 0 Å². The van der Waals surface area contributed by atoms with Gasteiger partial charge in [0.1, 0.15) is 5.82 Å². The van der Waals surface area contributed by atoms with Crippen LogP contribution < -0.4 is 11.1 Å². The third kappa shape index (κ3) is 3.15. The van der Waals surface area contributed by atoms with E-state index in [4.69, 9.17) is 5.73 Å². The van der Waals surface area contributed by atoms with Crippen molar-refractivity contribution in [2.45, 2.75) is 26.2 Å². The Labute approximate surface area is 119 Å². The van der Waals surface area contributed by atoms with Gasteiger partial charge in [0, 0.05) is 11.9 Å². The van der Waals surface area contributed by atoms with Crippen molar-refractivity contribution in [1.29, 1.82) is 0 Å². The van der Waals surface area contributed by atoms with E-state index in [1.165, 1.54) is 5.56 Å². The topological polar surface area (TPSA) is 68.0 Å². The quantitative estimate of drug-likeness (QED) is 0.899. The van der Waals surface area contributed by atoms with Crippen LogP contribution in [0.5, 0.6) is 0 Å². The Hall–Kier alpha value is -2.36. The monoisotopic (exact) mass is 269 g/mol. The first-order chi connectivity index (χ1) is 9.38. The molecule has 1 amide bonds. The van der Waals surface area contributed by atoms with Crippen molar-refractivity contribution in [1.82, 2.24) is 4.98 Å². The van der Waals surface area contributed by atoms with Gasteiger partial charge in [-0.3, -0.25) is 4.79 Å². The van der Waals surface area contributed by atoms with Crippen molar-refractivity contribution in [2.24, 2.45) is 5.73 Å². The first kappa shape index (κ1) is 14.1. The average Bonchev–Trinajstić information content (AvgIpc) is 2.38. The summed E-state index contributed by atoms with van der Waals surface area (Å²) < 4.78 is 0. The molecule has 3 N–H and O–H groups in total. The fourth-order valence-electron chi connectivity index (χ4n) is 1.89. The van der Waals surface area contributed by atoms with E-state index in [-0.39, 0.29) is 5.41 Å². The van der Waals surface area contributed by atoms with E-state index in [2.05, 4.69) is 43.2 Å². The molecule has 1 aromatic heterocycles. The third-order valence-corrected chi connectivity index (χ3v) is 3.09. The minimum atomic E-state index is -0.494. The minimum absolute atomic E-state index is 0.113. The van der Waals surface area contributed by atoms with Gasteiger partial charge < -0.3 is 11.1 Å². The van der Waals surface area contributed by atoms with Gasteiger partial charge in [-0.15, -0.1) is 0 Å². The Morgan fingerprint density at radius 3 is 2.35 bits per heavy atom. The number of carbonyl (C=O) groups is 1. The Kier molecular flexibility index (Phi) is 3.74. The molecule has 0 spiro atoms. The second kappa shape index (κ2) is 5.33. The lowest BCUT2D eigenvalue weighted by atomic mass is 9.87. The number of nitrogens with zero attached hydrogens (tertiary/aromatic N) is 1. The van der Waals surface area contributed by atoms with Crippen LogP contribution in [0.4, 0.5) is 11.5 Å². The maximum absolute atomic E-state index is 11.3. The zero-order valence-electron chi connectivity index (χ0n) is 12.0. The molecule has 0 unspecified atom stereocenters. The molecule has 0 aliphatic rings. The molecule has 20 heavy (non-hydrogen) atoms. The van der Waals surface area contributed by atoms with E-state index in [1.807, 2.05) is 12.1 Å². The number of benzene rings is 1. The Bertz CT molecular complexity index is 612. The van der Waals surface area contributed by atoms with E-state index in [0.29, 0.717) is 11.4 Å². The van der Waals surface area contributed by atoms with Crippen LogP contribution in [0.15, 0.2) is 42.6 Å². The molecule has 104 valence electrons. The molecule has 2 aromatic rings. The summed E-state index contributed by atoms with van der Waals surface area (Å²) in [4.78, 5) is 15.5. The van der Waals surface area contributed by atoms with Gasteiger partial charge in [-0.2, -0.15) is 0 Å². The second-order valence-corrected chi connectivity index (χ2v) is 5.72. The maximum atomic E-state index is 11.3. The van der Waals surface area contributed by atoms with Gasteiger partial charge >= 0.3 is 0 Å². The lowest BCUT2D eigenvalue weighted by Crippen LogP contribution is -2.14. The van der Waals surface area contributed by atoms with E-state index >= 15 is 0 Å². The van der Waals surface area contributed by atoms with Crippen LogP contribution in [0.25, 0.3) is 0 Å². The number of amides is 1. The molecule has 0 bridgehead atoms. The number of hydrogen-bond donors (Lipinski definition) is 2. The van der Waals surface area contributed by atoms with Gasteiger partial charge in [0.25, 0.3) is 5.91 Å². The second-order valence-electron chi connectivity index (χ2n) is 5.72. The summed E-state index contributed by atoms with van der Waals surface area (Å²) in [7, 11) is 0. The van der Waals surface area contributed by atoms with E-state index in [1.54, 1.807) is 18.3 Å². The van der Waals surface area contributed by atoms with Crippen molar-refractivity contribution in [3.05, 3.63) is 53.7 Å². The average molecular weight is 269 g/mol. The van der Waals surface area contributed by atoms with E-state index in [0.717, 1.165) is 5.69 Å². The molecular weight excluding hydrogens is 250 g/mol. The number of anilines is 2. The van der Waals surface area contributed by atoms with Gasteiger partial charge in [0.2, 0.25) is 0 Å². The fourth-order valence-corrected chi connectivity index (χ4v) is 1.89. The highest BCUT2D eigenvalue weighted by Gasteiger charge is 2.13. The summed E-state index contributed by atoms with van der Waals surface area (Å²) in [6.45, 7) is 6.50. The summed E-state index contributed by atoms with van der Waals surface area (Å²) in [6.07, 6.45) is 1.62. The van der Waals surface area contributed by atoms with Crippen LogP contribution in [0.1, 0.15) is 36.7 Å². The number of hydrogen-bond acceptors (Lipinski definition) is 3. The number of primary amides is 1. The molecule has 1 aromatic carbocycles. The lowest BCUT2D eigenvalue weighted by Gasteiger charge is -2.19. The van der Waals surface area contributed by atoms with Gasteiger partial charge in [0.15, 0.2) is 0 Å². The van der Waals surface area contributed by atoms with Crippen molar-refractivity contribution in [3.8, 4) is 0 Å². The summed E-state index contributed by atoms with van der Waals surface area (Å²) in [5.41, 5.74) is 7.95. The third-order valence-electron chi connectivity index (χ3n) is 3.09. The summed E-state index contributed by atoms with van der Waals surface area (Å²) in [5, 5.41) is 3.12. The van der Waals surface area contributed by atoms with Crippen LogP contribution in [-0.2, 0) is 5.41 Å². The van der Waals surface area contributed by atoms with Crippen molar-refractivity contribution < 1.29 is 4.79 Å². The molecule has 0 fully saturated rings. The smallest absolute Gasteiger partial charge is 0.252 e. The minimum Gasteiger partial charge on any atom is -0.365 e. The number of nitrogens with one attached hydrogen (secondary N) is 1. The molecule has 2 rings (SSSR count).